The maximum Gasteiger partial charge on any atom is 0.150 e. The summed E-state index contributed by atoms with van der Waals surface area (Å²) in [6, 6.07) is 12.6. The number of carbonyl (C=O) groups excluding carboxylic acids is 1. The summed E-state index contributed by atoms with van der Waals surface area (Å²) in [4.78, 5) is 10.8. The molecule has 0 fully saturated rings. The standard InChI is InChI=1S/C14H14N2O2/c1-18-14-5-3-2-4-12(14)16-13-8-10(9-17)6-7-11(13)15/h2-9,16H,15H2,1H3. The minimum absolute atomic E-state index is 0.571. The lowest BCUT2D eigenvalue weighted by atomic mass is 10.2. The van der Waals surface area contributed by atoms with Gasteiger partial charge in [0.15, 0.2) is 0 Å². The number of para-hydroxylation sites is 2. The number of hydrogen-bond donors (Lipinski definition) is 2. The zero-order valence-corrected chi connectivity index (χ0v) is 10.0. The van der Waals surface area contributed by atoms with Crippen LogP contribution < -0.4 is 15.8 Å². The topological polar surface area (TPSA) is 64.3 Å². The Balaban J connectivity index is 2.36. The molecule has 4 heteroatoms. The van der Waals surface area contributed by atoms with Crippen molar-refractivity contribution in [3.63, 3.8) is 0 Å². The molecule has 92 valence electrons. The van der Waals surface area contributed by atoms with E-state index in [1.807, 2.05) is 24.3 Å². The van der Waals surface area contributed by atoms with Crippen molar-refractivity contribution in [1.82, 2.24) is 0 Å². The molecular formula is C14H14N2O2. The van der Waals surface area contributed by atoms with Crippen LogP contribution in [0.1, 0.15) is 10.4 Å². The average Bonchev–Trinajstić information content (AvgIpc) is 2.42. The van der Waals surface area contributed by atoms with Crippen LogP contribution in [-0.2, 0) is 0 Å². The molecule has 0 bridgehead atoms. The molecule has 0 amide bonds. The number of benzene rings is 2. The van der Waals surface area contributed by atoms with Crippen LogP contribution in [-0.4, -0.2) is 13.4 Å². The number of rotatable bonds is 4. The van der Waals surface area contributed by atoms with Crippen LogP contribution in [0.5, 0.6) is 5.75 Å². The summed E-state index contributed by atoms with van der Waals surface area (Å²) in [6.45, 7) is 0. The first kappa shape index (κ1) is 12.0. The van der Waals surface area contributed by atoms with Gasteiger partial charge in [0.2, 0.25) is 0 Å². The van der Waals surface area contributed by atoms with Gasteiger partial charge in [0.1, 0.15) is 12.0 Å². The largest absolute Gasteiger partial charge is 0.495 e. The molecular weight excluding hydrogens is 228 g/mol. The molecule has 3 N–H and O–H groups in total. The fourth-order valence-electron chi connectivity index (χ4n) is 1.65. The van der Waals surface area contributed by atoms with Gasteiger partial charge >= 0.3 is 0 Å². The van der Waals surface area contributed by atoms with E-state index in [1.165, 1.54) is 0 Å². The first-order chi connectivity index (χ1) is 8.74. The van der Waals surface area contributed by atoms with Crippen molar-refractivity contribution in [2.75, 3.05) is 18.2 Å². The quantitative estimate of drug-likeness (QED) is 0.639. The second kappa shape index (κ2) is 5.23. The van der Waals surface area contributed by atoms with Gasteiger partial charge < -0.3 is 15.8 Å². The second-order valence-corrected chi connectivity index (χ2v) is 3.79. The highest BCUT2D eigenvalue weighted by Gasteiger charge is 2.05. The van der Waals surface area contributed by atoms with E-state index in [2.05, 4.69) is 5.32 Å². The van der Waals surface area contributed by atoms with Crippen LogP contribution >= 0.6 is 0 Å². The van der Waals surface area contributed by atoms with Crippen molar-refractivity contribution in [3.8, 4) is 5.75 Å². The third kappa shape index (κ3) is 2.43. The van der Waals surface area contributed by atoms with Gasteiger partial charge in [0.05, 0.1) is 24.2 Å². The van der Waals surface area contributed by atoms with Gasteiger partial charge in [-0.2, -0.15) is 0 Å². The zero-order valence-electron chi connectivity index (χ0n) is 10.0. The molecule has 0 heterocycles. The number of ether oxygens (including phenoxy) is 1. The number of hydrogen-bond acceptors (Lipinski definition) is 4. The summed E-state index contributed by atoms with van der Waals surface area (Å²) in [5, 5.41) is 3.16. The summed E-state index contributed by atoms with van der Waals surface area (Å²) >= 11 is 0. The SMILES string of the molecule is COc1ccccc1Nc1cc(C=O)ccc1N. The Morgan fingerprint density at radius 1 is 1.17 bits per heavy atom. The van der Waals surface area contributed by atoms with E-state index < -0.39 is 0 Å². The van der Waals surface area contributed by atoms with Crippen molar-refractivity contribution >= 4 is 23.3 Å². The smallest absolute Gasteiger partial charge is 0.150 e. The Labute approximate surface area is 105 Å². The number of nitrogen functional groups attached to an aromatic ring is 1. The summed E-state index contributed by atoms with van der Waals surface area (Å²) in [6.07, 6.45) is 0.785. The molecule has 18 heavy (non-hydrogen) atoms. The maximum atomic E-state index is 10.8. The molecule has 4 nitrogen and oxygen atoms in total. The number of carbonyl (C=O) groups is 1. The fraction of sp³-hybridized carbons (Fsp3) is 0.0714. The minimum Gasteiger partial charge on any atom is -0.495 e. The molecule has 0 aromatic heterocycles. The Bertz CT molecular complexity index is 567. The fourth-order valence-corrected chi connectivity index (χ4v) is 1.65. The molecule has 2 rings (SSSR count). The normalized spacial score (nSPS) is 9.83. The molecule has 2 aromatic carbocycles. The average molecular weight is 242 g/mol. The molecule has 0 unspecified atom stereocenters. The van der Waals surface area contributed by atoms with E-state index >= 15 is 0 Å². The highest BCUT2D eigenvalue weighted by Crippen LogP contribution is 2.30. The molecule has 0 aliphatic rings. The van der Waals surface area contributed by atoms with Crippen molar-refractivity contribution in [2.45, 2.75) is 0 Å². The molecule has 0 atom stereocenters. The molecule has 2 aromatic rings. The van der Waals surface area contributed by atoms with Crippen LogP contribution in [0, 0.1) is 0 Å². The van der Waals surface area contributed by atoms with E-state index in [0.29, 0.717) is 22.7 Å². The first-order valence-corrected chi connectivity index (χ1v) is 5.49. The van der Waals surface area contributed by atoms with Gasteiger partial charge in [-0.1, -0.05) is 12.1 Å². The van der Waals surface area contributed by atoms with Gasteiger partial charge in [-0.25, -0.2) is 0 Å². The van der Waals surface area contributed by atoms with Crippen LogP contribution in [0.3, 0.4) is 0 Å². The maximum absolute atomic E-state index is 10.8. The van der Waals surface area contributed by atoms with Gasteiger partial charge in [-0.3, -0.25) is 4.79 Å². The zero-order chi connectivity index (χ0) is 13.0. The van der Waals surface area contributed by atoms with Crippen LogP contribution in [0.15, 0.2) is 42.5 Å². The van der Waals surface area contributed by atoms with Crippen molar-refractivity contribution < 1.29 is 9.53 Å². The Morgan fingerprint density at radius 2 is 1.94 bits per heavy atom. The third-order valence-corrected chi connectivity index (χ3v) is 2.59. The van der Waals surface area contributed by atoms with Crippen LogP contribution in [0.4, 0.5) is 17.1 Å². The van der Waals surface area contributed by atoms with Gasteiger partial charge in [-0.05, 0) is 30.3 Å². The lowest BCUT2D eigenvalue weighted by molar-refractivity contribution is 0.112. The Morgan fingerprint density at radius 3 is 2.67 bits per heavy atom. The summed E-state index contributed by atoms with van der Waals surface area (Å²) in [5.74, 6) is 0.716. The highest BCUT2D eigenvalue weighted by atomic mass is 16.5. The van der Waals surface area contributed by atoms with E-state index in [0.717, 1.165) is 12.0 Å². The Kier molecular flexibility index (Phi) is 3.48. The number of nitrogens with two attached hydrogens (primary N) is 1. The lowest BCUT2D eigenvalue weighted by Crippen LogP contribution is -1.99. The third-order valence-electron chi connectivity index (χ3n) is 2.59. The van der Waals surface area contributed by atoms with Gasteiger partial charge in [0.25, 0.3) is 0 Å². The molecule has 0 saturated carbocycles. The number of nitrogens with one attached hydrogen (secondary N) is 1. The second-order valence-electron chi connectivity index (χ2n) is 3.79. The van der Waals surface area contributed by atoms with E-state index in [1.54, 1.807) is 25.3 Å². The van der Waals surface area contributed by atoms with Crippen molar-refractivity contribution in [1.29, 1.82) is 0 Å². The molecule has 0 saturated heterocycles. The molecule has 0 aliphatic carbocycles. The van der Waals surface area contributed by atoms with Crippen molar-refractivity contribution in [2.24, 2.45) is 0 Å². The van der Waals surface area contributed by atoms with Gasteiger partial charge in [0, 0.05) is 5.56 Å². The molecule has 0 spiro atoms. The highest BCUT2D eigenvalue weighted by molar-refractivity contribution is 5.83. The lowest BCUT2D eigenvalue weighted by Gasteiger charge is -2.13. The number of aldehydes is 1. The van der Waals surface area contributed by atoms with E-state index in [-0.39, 0.29) is 0 Å². The number of methoxy groups -OCH3 is 1. The first-order valence-electron chi connectivity index (χ1n) is 5.49. The summed E-state index contributed by atoms with van der Waals surface area (Å²) in [7, 11) is 1.60. The predicted octanol–water partition coefficient (Wildman–Crippen LogP) is 2.83. The van der Waals surface area contributed by atoms with E-state index in [9.17, 15) is 4.79 Å². The Hall–Kier alpha value is -2.49. The summed E-state index contributed by atoms with van der Waals surface area (Å²) in [5.41, 5.74) is 8.50. The monoisotopic (exact) mass is 242 g/mol. The predicted molar refractivity (Wildman–Crippen MR) is 72.5 cm³/mol. The molecule has 0 aliphatic heterocycles. The van der Waals surface area contributed by atoms with Crippen LogP contribution in [0.2, 0.25) is 0 Å². The van der Waals surface area contributed by atoms with E-state index in [4.69, 9.17) is 10.5 Å². The number of anilines is 3. The van der Waals surface area contributed by atoms with Gasteiger partial charge in [-0.15, -0.1) is 0 Å². The summed E-state index contributed by atoms with van der Waals surface area (Å²) < 4.78 is 5.24. The van der Waals surface area contributed by atoms with Crippen molar-refractivity contribution in [3.05, 3.63) is 48.0 Å². The molecule has 0 radical (unpaired) electrons. The van der Waals surface area contributed by atoms with Crippen LogP contribution in [0.25, 0.3) is 0 Å². The minimum atomic E-state index is 0.571.